The van der Waals surface area contributed by atoms with E-state index in [0.29, 0.717) is 41.9 Å². The van der Waals surface area contributed by atoms with Crippen molar-refractivity contribution in [3.8, 4) is 16.9 Å². The molecule has 0 unspecified atom stereocenters. The Balaban J connectivity index is 1.34. The summed E-state index contributed by atoms with van der Waals surface area (Å²) in [6, 6.07) is 24.8. The summed E-state index contributed by atoms with van der Waals surface area (Å²) in [5.41, 5.74) is 7.33. The van der Waals surface area contributed by atoms with Crippen molar-refractivity contribution in [3.05, 3.63) is 130 Å². The number of rotatable bonds is 8. The molecule has 6 bridgehead atoms. The van der Waals surface area contributed by atoms with Crippen LogP contribution in [0.3, 0.4) is 0 Å². The van der Waals surface area contributed by atoms with Gasteiger partial charge >= 0.3 is 11.9 Å². The molecular weight excluding hydrogens is 687 g/mol. The van der Waals surface area contributed by atoms with Crippen LogP contribution < -0.4 is 5.32 Å². The summed E-state index contributed by atoms with van der Waals surface area (Å²) in [6.07, 6.45) is 11.2. The molecule has 1 saturated heterocycles. The summed E-state index contributed by atoms with van der Waals surface area (Å²) < 4.78 is 12.8. The molecule has 3 N–H and O–H groups in total. The second kappa shape index (κ2) is 13.8. The smallest absolute Gasteiger partial charge is 0.340 e. The molecule has 0 radical (unpaired) electrons. The summed E-state index contributed by atoms with van der Waals surface area (Å²) in [7, 11) is 2.02. The van der Waals surface area contributed by atoms with Gasteiger partial charge in [0, 0.05) is 29.7 Å². The number of carbonyl (C=O) groups is 2. The molecule has 55 heavy (non-hydrogen) atoms. The molecule has 5 aliphatic carbocycles. The molecule has 3 aromatic rings. The van der Waals surface area contributed by atoms with Gasteiger partial charge in [-0.1, -0.05) is 68.4 Å². The van der Waals surface area contributed by atoms with E-state index in [1.54, 1.807) is 6.07 Å². The van der Waals surface area contributed by atoms with E-state index in [-0.39, 0.29) is 54.0 Å². The van der Waals surface area contributed by atoms with E-state index in [4.69, 9.17) is 9.47 Å². The van der Waals surface area contributed by atoms with Gasteiger partial charge in [-0.15, -0.1) is 0 Å². The first-order chi connectivity index (χ1) is 26.7. The highest BCUT2D eigenvalue weighted by atomic mass is 16.5. The fourth-order valence-corrected chi connectivity index (χ4v) is 11.5. The van der Waals surface area contributed by atoms with Gasteiger partial charge in [0.1, 0.15) is 17.3 Å². The monoisotopic (exact) mass is 737 g/mol. The Morgan fingerprint density at radius 1 is 0.927 bits per heavy atom. The molecule has 0 amide bonds. The number of aliphatic hydroxyl groups is 1. The molecule has 3 aromatic carbocycles. The molecular formula is C48H51NO6. The summed E-state index contributed by atoms with van der Waals surface area (Å²) in [5.74, 6) is 0.548. The van der Waals surface area contributed by atoms with Gasteiger partial charge in [-0.3, -0.25) is 0 Å². The summed E-state index contributed by atoms with van der Waals surface area (Å²) >= 11 is 0. The molecule has 7 aliphatic rings. The number of hydrogen-bond donors (Lipinski definition) is 3. The molecule has 284 valence electrons. The van der Waals surface area contributed by atoms with Crippen molar-refractivity contribution in [1.82, 2.24) is 5.32 Å². The number of esters is 2. The van der Waals surface area contributed by atoms with Gasteiger partial charge in [0.05, 0.1) is 11.0 Å². The summed E-state index contributed by atoms with van der Waals surface area (Å²) in [4.78, 5) is 29.4. The minimum Gasteiger partial charge on any atom is -0.508 e. The minimum atomic E-state index is -0.885. The van der Waals surface area contributed by atoms with Crippen molar-refractivity contribution in [2.75, 3.05) is 13.7 Å². The van der Waals surface area contributed by atoms with E-state index >= 15 is 0 Å². The van der Waals surface area contributed by atoms with Crippen molar-refractivity contribution in [2.24, 2.45) is 34.5 Å². The largest absolute Gasteiger partial charge is 0.508 e. The number of aromatic hydroxyl groups is 1. The first-order valence-electron chi connectivity index (χ1n) is 20.3. The van der Waals surface area contributed by atoms with Gasteiger partial charge in [-0.2, -0.15) is 0 Å². The van der Waals surface area contributed by atoms with Gasteiger partial charge in [-0.25, -0.2) is 9.59 Å². The number of nitrogens with one attached hydrogen (secondary N) is 1. The predicted molar refractivity (Wildman–Crippen MR) is 212 cm³/mol. The van der Waals surface area contributed by atoms with Crippen LogP contribution in [0.1, 0.15) is 87.9 Å². The van der Waals surface area contributed by atoms with E-state index in [1.807, 2.05) is 38.2 Å². The number of phenols is 1. The van der Waals surface area contributed by atoms with Gasteiger partial charge in [0.15, 0.2) is 0 Å². The van der Waals surface area contributed by atoms with Crippen LogP contribution in [0.5, 0.6) is 5.75 Å². The molecule has 2 fully saturated rings. The van der Waals surface area contributed by atoms with Crippen molar-refractivity contribution < 1.29 is 29.3 Å². The molecule has 1 saturated carbocycles. The Hall–Kier alpha value is -4.72. The van der Waals surface area contributed by atoms with Crippen LogP contribution in [0.2, 0.25) is 0 Å². The highest BCUT2D eigenvalue weighted by molar-refractivity contribution is 6.08. The highest BCUT2D eigenvalue weighted by Gasteiger charge is 2.73. The number of hydrogen-bond acceptors (Lipinski definition) is 7. The van der Waals surface area contributed by atoms with Crippen LogP contribution in [-0.2, 0) is 25.5 Å². The normalized spacial score (nSPS) is 30.3. The topological polar surface area (TPSA) is 105 Å². The van der Waals surface area contributed by atoms with E-state index in [1.165, 1.54) is 11.1 Å². The van der Waals surface area contributed by atoms with Crippen LogP contribution in [-0.4, -0.2) is 35.8 Å². The molecule has 0 aromatic heterocycles. The van der Waals surface area contributed by atoms with Crippen LogP contribution in [0.15, 0.2) is 113 Å². The van der Waals surface area contributed by atoms with E-state index in [0.717, 1.165) is 66.4 Å². The van der Waals surface area contributed by atoms with Crippen LogP contribution in [0.25, 0.3) is 16.7 Å². The number of phenolic OH excluding ortho intramolecular Hbond substituents is 1. The minimum absolute atomic E-state index is 0.0354. The number of benzene rings is 3. The Labute approximate surface area is 323 Å². The fraction of sp³-hybridized carbons (Fsp3) is 0.417. The SMILES string of the molecule is CC[C@H](/C=C1\OC(=O)C2=C3c4cc(O)ccc4-c4cccc(c4)[C@H](NC)CC[C@@]45CCC6=C(C(=O)OC6=CC[C@H](C)CO)[C@@H]4[C@]21CC[C@@H]35)Cc1ccccc1. The fourth-order valence-electron chi connectivity index (χ4n) is 11.5. The van der Waals surface area contributed by atoms with E-state index < -0.39 is 10.8 Å². The van der Waals surface area contributed by atoms with E-state index in [9.17, 15) is 19.8 Å². The van der Waals surface area contributed by atoms with Gasteiger partial charge in [0.2, 0.25) is 0 Å². The predicted octanol–water partition coefficient (Wildman–Crippen LogP) is 9.14. The zero-order chi connectivity index (χ0) is 38.1. The molecule has 7 nitrogen and oxygen atoms in total. The zero-order valence-electron chi connectivity index (χ0n) is 32.1. The molecule has 7 heteroatoms. The lowest BCUT2D eigenvalue weighted by molar-refractivity contribution is -0.136. The molecule has 2 aliphatic heterocycles. The highest BCUT2D eigenvalue weighted by Crippen LogP contribution is 2.77. The quantitative estimate of drug-likeness (QED) is 0.198. The third-order valence-corrected chi connectivity index (χ3v) is 14.1. The van der Waals surface area contributed by atoms with E-state index in [2.05, 4.69) is 66.8 Å². The van der Waals surface area contributed by atoms with Crippen molar-refractivity contribution in [1.29, 1.82) is 0 Å². The third-order valence-electron chi connectivity index (χ3n) is 14.1. The van der Waals surface area contributed by atoms with Gasteiger partial charge in [0.25, 0.3) is 0 Å². The van der Waals surface area contributed by atoms with Crippen LogP contribution >= 0.6 is 0 Å². The number of ether oxygens (including phenoxy) is 2. The van der Waals surface area contributed by atoms with Crippen molar-refractivity contribution >= 4 is 17.5 Å². The lowest BCUT2D eigenvalue weighted by Crippen LogP contribution is -2.59. The lowest BCUT2D eigenvalue weighted by Gasteiger charge is -2.63. The molecule has 7 atom stereocenters. The van der Waals surface area contributed by atoms with Crippen LogP contribution in [0.4, 0.5) is 0 Å². The Kier molecular flexibility index (Phi) is 9.01. The maximum atomic E-state index is 14.9. The standard InChI is InChI=1S/C48H51NO6/c1-4-29(23-30-9-6-5-7-10-30)24-40-48-22-18-37-41(43(48)46(53)55-40)36-26-33(51)14-15-34(36)31-11-8-12-32(25-31)38(49-3)19-21-47(37)20-17-35-39(16-13-28(2)27-50)54-45(52)42(35)44(47)48/h5-12,14-16,24-26,28-29,37-38,44,49-51H,4,13,17-23,27H2,1-3H3/b39-16?,40-24-/t28-,29-,37-,38+,44-,47+,48-/m0/s1. The van der Waals surface area contributed by atoms with Crippen molar-refractivity contribution in [2.45, 2.75) is 77.7 Å². The molecule has 2 spiro atoms. The van der Waals surface area contributed by atoms with Crippen molar-refractivity contribution in [3.63, 3.8) is 0 Å². The Morgan fingerprint density at radius 2 is 1.76 bits per heavy atom. The second-order valence-corrected chi connectivity index (χ2v) is 16.9. The maximum Gasteiger partial charge on any atom is 0.340 e. The van der Waals surface area contributed by atoms with Gasteiger partial charge < -0.3 is 25.0 Å². The molecule has 2 heterocycles. The number of cyclic esters (lactones) is 2. The average molecular weight is 738 g/mol. The first-order valence-corrected chi connectivity index (χ1v) is 20.3. The summed E-state index contributed by atoms with van der Waals surface area (Å²) in [6.45, 7) is 4.23. The maximum absolute atomic E-state index is 14.9. The van der Waals surface area contributed by atoms with Gasteiger partial charge in [-0.05, 0) is 152 Å². The second-order valence-electron chi connectivity index (χ2n) is 16.9. The zero-order valence-corrected chi connectivity index (χ0v) is 32.1. The summed E-state index contributed by atoms with van der Waals surface area (Å²) in [5, 5.41) is 24.6. The number of aliphatic hydroxyl groups excluding tert-OH is 1. The Morgan fingerprint density at radius 3 is 2.55 bits per heavy atom. The lowest BCUT2D eigenvalue weighted by atomic mass is 9.37. The molecule has 10 rings (SSSR count). The number of fused-ring (bicyclic) bond motifs is 5. The number of allylic oxidation sites excluding steroid dienone is 5. The first kappa shape index (κ1) is 35.9. The van der Waals surface area contributed by atoms with Crippen LogP contribution in [0, 0.1) is 34.5 Å². The average Bonchev–Trinajstić information content (AvgIpc) is 3.68. The third kappa shape index (κ3) is 5.52. The Bertz CT molecular complexity index is 2200. The number of carbonyl (C=O) groups excluding carboxylic acids is 2.